The van der Waals surface area contributed by atoms with Gasteiger partial charge < -0.3 is 14.9 Å². The highest BCUT2D eigenvalue weighted by Crippen LogP contribution is 2.37. The number of rotatable bonds is 3. The van der Waals surface area contributed by atoms with Crippen LogP contribution in [0.1, 0.15) is 6.42 Å². The molecule has 0 spiro atoms. The van der Waals surface area contributed by atoms with Gasteiger partial charge in [0, 0.05) is 19.0 Å². The predicted octanol–water partition coefficient (Wildman–Crippen LogP) is 0.0652. The number of aliphatic hydroxyl groups is 2. The van der Waals surface area contributed by atoms with Crippen molar-refractivity contribution in [2.45, 2.75) is 17.1 Å². The summed E-state index contributed by atoms with van der Waals surface area (Å²) in [6.45, 7) is 0.286. The van der Waals surface area contributed by atoms with Crippen LogP contribution in [0.3, 0.4) is 0 Å². The second kappa shape index (κ2) is 4.30. The van der Waals surface area contributed by atoms with Gasteiger partial charge in [-0.2, -0.15) is 0 Å². The Labute approximate surface area is 70.7 Å². The second-order valence-corrected chi connectivity index (χ2v) is 4.10. The first kappa shape index (κ1) is 9.32. The summed E-state index contributed by atoms with van der Waals surface area (Å²) in [4.78, 5) is 0. The van der Waals surface area contributed by atoms with Crippen LogP contribution >= 0.6 is 11.8 Å². The number of hydrogen-bond acceptors (Lipinski definition) is 4. The molecule has 0 radical (unpaired) electrons. The fraction of sp³-hybridized carbons (Fsp3) is 1.00. The fourth-order valence-electron chi connectivity index (χ4n) is 1.30. The topological polar surface area (TPSA) is 49.7 Å². The summed E-state index contributed by atoms with van der Waals surface area (Å²) in [7, 11) is 1.66. The van der Waals surface area contributed by atoms with Gasteiger partial charge in [-0.25, -0.2) is 0 Å². The van der Waals surface area contributed by atoms with Gasteiger partial charge in [0.15, 0.2) is 0 Å². The van der Waals surface area contributed by atoms with E-state index in [1.807, 2.05) is 0 Å². The Morgan fingerprint density at radius 2 is 2.18 bits per heavy atom. The summed E-state index contributed by atoms with van der Waals surface area (Å²) < 4.78 is 5.12. The second-order valence-electron chi connectivity index (χ2n) is 2.70. The largest absolute Gasteiger partial charge is 0.396 e. The van der Waals surface area contributed by atoms with E-state index in [2.05, 4.69) is 0 Å². The van der Waals surface area contributed by atoms with Gasteiger partial charge in [0.1, 0.15) is 5.44 Å². The highest BCUT2D eigenvalue weighted by molar-refractivity contribution is 8.00. The molecule has 1 heterocycles. The zero-order valence-electron chi connectivity index (χ0n) is 6.56. The molecular weight excluding hydrogens is 164 g/mol. The van der Waals surface area contributed by atoms with Gasteiger partial charge >= 0.3 is 0 Å². The third-order valence-corrected chi connectivity index (χ3v) is 3.60. The van der Waals surface area contributed by atoms with Crippen LogP contribution in [0.4, 0.5) is 0 Å². The standard InChI is InChI=1S/C7H14O3S/c1-10-7-2-5(3-8)6(4-9)11-7/h5-9H,2-4H2,1H3/t5-,6-,7?/m1/s1. The minimum absolute atomic E-state index is 0.135. The first-order valence-electron chi connectivity index (χ1n) is 3.71. The number of hydrogen-bond donors (Lipinski definition) is 2. The molecule has 1 aliphatic heterocycles. The van der Waals surface area contributed by atoms with Gasteiger partial charge in [-0.15, -0.1) is 11.8 Å². The van der Waals surface area contributed by atoms with Gasteiger partial charge in [0.2, 0.25) is 0 Å². The minimum Gasteiger partial charge on any atom is -0.396 e. The van der Waals surface area contributed by atoms with Crippen molar-refractivity contribution in [3.05, 3.63) is 0 Å². The van der Waals surface area contributed by atoms with Crippen LogP contribution in [0.2, 0.25) is 0 Å². The Bertz CT molecular complexity index is 108. The van der Waals surface area contributed by atoms with Crippen molar-refractivity contribution in [1.29, 1.82) is 0 Å². The molecule has 0 aromatic heterocycles. The van der Waals surface area contributed by atoms with Crippen LogP contribution in [-0.4, -0.2) is 41.2 Å². The van der Waals surface area contributed by atoms with Gasteiger partial charge in [0.25, 0.3) is 0 Å². The molecule has 4 heteroatoms. The van der Waals surface area contributed by atoms with E-state index in [9.17, 15) is 0 Å². The molecule has 0 saturated carbocycles. The lowest BCUT2D eigenvalue weighted by Gasteiger charge is -2.11. The number of thioether (sulfide) groups is 1. The van der Waals surface area contributed by atoms with Crippen LogP contribution in [0.25, 0.3) is 0 Å². The molecule has 66 valence electrons. The van der Waals surface area contributed by atoms with Crippen molar-refractivity contribution in [3.63, 3.8) is 0 Å². The molecule has 3 atom stereocenters. The normalized spacial score (nSPS) is 37.9. The van der Waals surface area contributed by atoms with Crippen LogP contribution in [0.5, 0.6) is 0 Å². The van der Waals surface area contributed by atoms with Crippen LogP contribution in [0.15, 0.2) is 0 Å². The molecule has 1 rings (SSSR count). The maximum Gasteiger partial charge on any atom is 0.103 e. The maximum absolute atomic E-state index is 8.90. The molecular formula is C7H14O3S. The number of aliphatic hydroxyl groups excluding tert-OH is 2. The lowest BCUT2D eigenvalue weighted by Crippen LogP contribution is -2.18. The van der Waals surface area contributed by atoms with E-state index in [0.717, 1.165) is 6.42 Å². The highest BCUT2D eigenvalue weighted by atomic mass is 32.2. The van der Waals surface area contributed by atoms with Crippen molar-refractivity contribution in [2.24, 2.45) is 5.92 Å². The minimum atomic E-state index is 0.135. The average Bonchev–Trinajstić information content (AvgIpc) is 2.46. The van der Waals surface area contributed by atoms with Crippen molar-refractivity contribution in [1.82, 2.24) is 0 Å². The summed E-state index contributed by atoms with van der Waals surface area (Å²) in [5, 5.41) is 18.0. The fourth-order valence-corrected chi connectivity index (χ4v) is 2.66. The summed E-state index contributed by atoms with van der Waals surface area (Å²) in [5.41, 5.74) is 0.157. The molecule has 1 saturated heterocycles. The van der Waals surface area contributed by atoms with Gasteiger partial charge in [-0.05, 0) is 12.3 Å². The first-order chi connectivity index (χ1) is 5.31. The van der Waals surface area contributed by atoms with Crippen LogP contribution < -0.4 is 0 Å². The molecule has 1 fully saturated rings. The molecule has 1 unspecified atom stereocenters. The van der Waals surface area contributed by atoms with Gasteiger partial charge in [-0.3, -0.25) is 0 Å². The monoisotopic (exact) mass is 178 g/mol. The van der Waals surface area contributed by atoms with E-state index in [4.69, 9.17) is 14.9 Å². The van der Waals surface area contributed by atoms with E-state index in [1.165, 1.54) is 0 Å². The Morgan fingerprint density at radius 1 is 1.45 bits per heavy atom. The van der Waals surface area contributed by atoms with E-state index in [1.54, 1.807) is 18.9 Å². The van der Waals surface area contributed by atoms with Crippen molar-refractivity contribution >= 4 is 11.8 Å². The quantitative estimate of drug-likeness (QED) is 0.642. The van der Waals surface area contributed by atoms with Crippen molar-refractivity contribution in [2.75, 3.05) is 20.3 Å². The van der Waals surface area contributed by atoms with E-state index < -0.39 is 0 Å². The smallest absolute Gasteiger partial charge is 0.103 e. The summed E-state index contributed by atoms with van der Waals surface area (Å²) in [6, 6.07) is 0. The summed E-state index contributed by atoms with van der Waals surface area (Å²) >= 11 is 1.61. The molecule has 11 heavy (non-hydrogen) atoms. The molecule has 0 bridgehead atoms. The summed E-state index contributed by atoms with van der Waals surface area (Å²) in [6.07, 6.45) is 0.850. The van der Waals surface area contributed by atoms with Crippen LogP contribution in [0, 0.1) is 5.92 Å². The van der Waals surface area contributed by atoms with Gasteiger partial charge in [0.05, 0.1) is 6.61 Å². The average molecular weight is 178 g/mol. The Hall–Kier alpha value is 0.230. The maximum atomic E-state index is 8.90. The number of methoxy groups -OCH3 is 1. The van der Waals surface area contributed by atoms with Crippen LogP contribution in [-0.2, 0) is 4.74 Å². The van der Waals surface area contributed by atoms with Crippen molar-refractivity contribution in [3.8, 4) is 0 Å². The zero-order valence-corrected chi connectivity index (χ0v) is 7.38. The molecule has 1 aliphatic rings. The Kier molecular flexibility index (Phi) is 3.65. The molecule has 2 N–H and O–H groups in total. The third-order valence-electron chi connectivity index (χ3n) is 2.02. The van der Waals surface area contributed by atoms with E-state index in [-0.39, 0.29) is 29.8 Å². The first-order valence-corrected chi connectivity index (χ1v) is 4.66. The molecule has 0 aromatic carbocycles. The van der Waals surface area contributed by atoms with Crippen molar-refractivity contribution < 1.29 is 14.9 Å². The molecule has 0 amide bonds. The number of ether oxygens (including phenoxy) is 1. The summed E-state index contributed by atoms with van der Waals surface area (Å²) in [5.74, 6) is 0.204. The highest BCUT2D eigenvalue weighted by Gasteiger charge is 2.33. The third kappa shape index (κ3) is 2.08. The lowest BCUT2D eigenvalue weighted by atomic mass is 10.0. The Balaban J connectivity index is 2.41. The molecule has 3 nitrogen and oxygen atoms in total. The molecule has 0 aromatic rings. The van der Waals surface area contributed by atoms with Gasteiger partial charge in [-0.1, -0.05) is 0 Å². The predicted molar refractivity (Wildman–Crippen MR) is 44.5 cm³/mol. The van der Waals surface area contributed by atoms with E-state index in [0.29, 0.717) is 0 Å². The zero-order chi connectivity index (χ0) is 8.27. The Morgan fingerprint density at radius 3 is 2.55 bits per heavy atom. The van der Waals surface area contributed by atoms with E-state index >= 15 is 0 Å². The SMILES string of the molecule is COC1C[C@H](CO)[C@@H](CO)S1. The lowest BCUT2D eigenvalue weighted by molar-refractivity contribution is 0.133. The molecule has 0 aliphatic carbocycles.